The van der Waals surface area contributed by atoms with E-state index in [1.54, 1.807) is 0 Å². The van der Waals surface area contributed by atoms with Gasteiger partial charge in [0.05, 0.1) is 11.6 Å². The lowest BCUT2D eigenvalue weighted by Gasteiger charge is -2.47. The van der Waals surface area contributed by atoms with Crippen LogP contribution < -0.4 is 4.90 Å². The summed E-state index contributed by atoms with van der Waals surface area (Å²) in [5, 5.41) is 9.72. The Bertz CT molecular complexity index is 934. The normalized spacial score (nSPS) is 18.8. The van der Waals surface area contributed by atoms with Gasteiger partial charge in [0.1, 0.15) is 0 Å². The maximum Gasteiger partial charge on any atom is 0.0998 e. The van der Waals surface area contributed by atoms with Crippen molar-refractivity contribution < 1.29 is 0 Å². The van der Waals surface area contributed by atoms with Crippen molar-refractivity contribution in [1.82, 2.24) is 0 Å². The Labute approximate surface area is 171 Å². The number of hydrogen-bond acceptors (Lipinski definition) is 2. The molecule has 0 saturated carbocycles. The zero-order valence-electron chi connectivity index (χ0n) is 16.8. The Kier molecular flexibility index (Phi) is 5.49. The number of anilines is 1. The number of allylic oxidation sites excluding steroid dienone is 1. The largest absolute Gasteiger partial charge is 0.366 e. The van der Waals surface area contributed by atoms with Gasteiger partial charge in [0.15, 0.2) is 0 Å². The van der Waals surface area contributed by atoms with Crippen LogP contribution in [0.4, 0.5) is 5.69 Å². The molecule has 140 valence electrons. The van der Waals surface area contributed by atoms with Crippen LogP contribution in [0.15, 0.2) is 40.9 Å². The fourth-order valence-electron chi connectivity index (χ4n) is 4.40. The molecule has 0 radical (unpaired) electrons. The zero-order valence-corrected chi connectivity index (χ0v) is 18.4. The number of hydrogen-bond donors (Lipinski definition) is 0. The summed E-state index contributed by atoms with van der Waals surface area (Å²) in [6.45, 7) is 12.4. The minimum absolute atomic E-state index is 0.166. The first-order valence-electron chi connectivity index (χ1n) is 9.56. The van der Waals surface area contributed by atoms with Crippen molar-refractivity contribution in [3.8, 4) is 6.07 Å². The van der Waals surface area contributed by atoms with E-state index in [1.165, 1.54) is 16.8 Å². The number of fused-ring (bicyclic) bond motifs is 1. The van der Waals surface area contributed by atoms with E-state index < -0.39 is 0 Å². The second kappa shape index (κ2) is 7.52. The summed E-state index contributed by atoms with van der Waals surface area (Å²) < 4.78 is 0.984. The third-order valence-electron chi connectivity index (χ3n) is 5.65. The highest BCUT2D eigenvalue weighted by molar-refractivity contribution is 9.10. The summed E-state index contributed by atoms with van der Waals surface area (Å²) >= 11 is 3.50. The zero-order chi connectivity index (χ0) is 19.8. The molecule has 0 spiro atoms. The van der Waals surface area contributed by atoms with Crippen LogP contribution in [0.5, 0.6) is 0 Å². The van der Waals surface area contributed by atoms with Crippen LogP contribution in [0, 0.1) is 18.3 Å². The maximum atomic E-state index is 9.72. The molecule has 27 heavy (non-hydrogen) atoms. The van der Waals surface area contributed by atoms with Crippen molar-refractivity contribution in [2.45, 2.75) is 52.5 Å². The fraction of sp³-hybridized carbons (Fsp3) is 0.375. The topological polar surface area (TPSA) is 27.0 Å². The summed E-state index contributed by atoms with van der Waals surface area (Å²) in [6, 6.07) is 14.9. The molecular formula is C24H27BrN2. The van der Waals surface area contributed by atoms with Gasteiger partial charge in [-0.05, 0) is 92.6 Å². The predicted octanol–water partition coefficient (Wildman–Crippen LogP) is 6.93. The van der Waals surface area contributed by atoms with E-state index >= 15 is 0 Å². The average Bonchev–Trinajstić information content (AvgIpc) is 2.60. The molecule has 1 aliphatic rings. The molecule has 0 saturated heterocycles. The molecule has 0 aliphatic carbocycles. The van der Waals surface area contributed by atoms with Crippen LogP contribution in [0.25, 0.3) is 11.6 Å². The van der Waals surface area contributed by atoms with Crippen LogP contribution in [-0.2, 0) is 0 Å². The van der Waals surface area contributed by atoms with Gasteiger partial charge in [-0.3, -0.25) is 0 Å². The molecule has 1 unspecified atom stereocenters. The molecule has 0 aromatic heterocycles. The Morgan fingerprint density at radius 2 is 2.07 bits per heavy atom. The number of halogens is 1. The van der Waals surface area contributed by atoms with Gasteiger partial charge in [-0.15, -0.1) is 0 Å². The lowest BCUT2D eigenvalue weighted by Crippen LogP contribution is -2.48. The van der Waals surface area contributed by atoms with E-state index in [0.29, 0.717) is 11.5 Å². The first-order chi connectivity index (χ1) is 12.8. The van der Waals surface area contributed by atoms with Gasteiger partial charge in [-0.2, -0.15) is 5.26 Å². The molecule has 2 nitrogen and oxygen atoms in total. The van der Waals surface area contributed by atoms with E-state index in [0.717, 1.165) is 28.6 Å². The molecule has 1 heterocycles. The van der Waals surface area contributed by atoms with E-state index in [2.05, 4.69) is 73.7 Å². The third-order valence-corrected chi connectivity index (χ3v) is 6.14. The second-order valence-corrected chi connectivity index (χ2v) is 9.03. The summed E-state index contributed by atoms with van der Waals surface area (Å²) in [4.78, 5) is 2.52. The Hall–Kier alpha value is -2.05. The highest BCUT2D eigenvalue weighted by Gasteiger charge is 2.35. The first-order valence-corrected chi connectivity index (χ1v) is 10.4. The van der Waals surface area contributed by atoms with Gasteiger partial charge in [-0.1, -0.05) is 35.0 Å². The summed E-state index contributed by atoms with van der Waals surface area (Å²) in [6.07, 6.45) is 3.16. The van der Waals surface area contributed by atoms with Gasteiger partial charge in [0.25, 0.3) is 0 Å². The van der Waals surface area contributed by atoms with Crippen molar-refractivity contribution in [2.24, 2.45) is 0 Å². The summed E-state index contributed by atoms with van der Waals surface area (Å²) in [7, 11) is 0. The fourth-order valence-corrected chi connectivity index (χ4v) is 4.80. The van der Waals surface area contributed by atoms with Crippen molar-refractivity contribution in [3.63, 3.8) is 0 Å². The molecular weight excluding hydrogens is 396 g/mol. The van der Waals surface area contributed by atoms with Crippen LogP contribution >= 0.6 is 15.9 Å². The highest BCUT2D eigenvalue weighted by Crippen LogP contribution is 2.44. The van der Waals surface area contributed by atoms with E-state index in [1.807, 2.05) is 30.3 Å². The van der Waals surface area contributed by atoms with E-state index in [9.17, 15) is 5.26 Å². The standard InChI is InChI=1S/C24H27BrN2/c1-6-27-23-10-16(2)19(13-22(23)17(3)14-24(27,4)5)11-20(15-26)18-8-7-9-21(25)12-18/h7-13,17H,6,14H2,1-5H3/b20-11-. The van der Waals surface area contributed by atoms with Crippen molar-refractivity contribution in [1.29, 1.82) is 5.26 Å². The summed E-state index contributed by atoms with van der Waals surface area (Å²) in [5.41, 5.74) is 6.87. The lowest BCUT2D eigenvalue weighted by atomic mass is 9.79. The molecule has 3 heteroatoms. The monoisotopic (exact) mass is 422 g/mol. The first kappa shape index (κ1) is 19.7. The Morgan fingerprint density at radius 3 is 2.70 bits per heavy atom. The highest BCUT2D eigenvalue weighted by atomic mass is 79.9. The molecule has 1 aliphatic heterocycles. The predicted molar refractivity (Wildman–Crippen MR) is 119 cm³/mol. The minimum atomic E-state index is 0.166. The van der Waals surface area contributed by atoms with E-state index in [-0.39, 0.29) is 5.54 Å². The third kappa shape index (κ3) is 3.82. The molecule has 0 fully saturated rings. The van der Waals surface area contributed by atoms with Crippen LogP contribution in [0.1, 0.15) is 62.3 Å². The SMILES string of the molecule is CCN1c2cc(C)c(/C=C(/C#N)c3cccc(Br)c3)cc2C(C)CC1(C)C. The van der Waals surface area contributed by atoms with Crippen LogP contribution in [0.3, 0.4) is 0 Å². The van der Waals surface area contributed by atoms with Gasteiger partial charge in [-0.25, -0.2) is 0 Å². The van der Waals surface area contributed by atoms with E-state index in [4.69, 9.17) is 0 Å². The quantitative estimate of drug-likeness (QED) is 0.395. The Morgan fingerprint density at radius 1 is 1.33 bits per heavy atom. The lowest BCUT2D eigenvalue weighted by molar-refractivity contribution is 0.381. The molecule has 0 amide bonds. The van der Waals surface area contributed by atoms with Crippen LogP contribution in [0.2, 0.25) is 0 Å². The maximum absolute atomic E-state index is 9.72. The minimum Gasteiger partial charge on any atom is -0.366 e. The number of nitrogens with zero attached hydrogens (tertiary/aromatic N) is 2. The molecule has 1 atom stereocenters. The average molecular weight is 423 g/mol. The smallest absolute Gasteiger partial charge is 0.0998 e. The van der Waals surface area contributed by atoms with Crippen molar-refractivity contribution in [3.05, 3.63) is 63.1 Å². The molecule has 0 N–H and O–H groups in total. The molecule has 3 rings (SSSR count). The Balaban J connectivity index is 2.11. The molecule has 2 aromatic carbocycles. The van der Waals surface area contributed by atoms with Crippen molar-refractivity contribution in [2.75, 3.05) is 11.4 Å². The number of aryl methyl sites for hydroxylation is 1. The van der Waals surface area contributed by atoms with Gasteiger partial charge in [0, 0.05) is 22.2 Å². The molecule has 0 bridgehead atoms. The van der Waals surface area contributed by atoms with Gasteiger partial charge < -0.3 is 4.90 Å². The number of benzene rings is 2. The van der Waals surface area contributed by atoms with Gasteiger partial charge >= 0.3 is 0 Å². The summed E-state index contributed by atoms with van der Waals surface area (Å²) in [5.74, 6) is 0.502. The van der Waals surface area contributed by atoms with Crippen molar-refractivity contribution >= 4 is 33.3 Å². The van der Waals surface area contributed by atoms with Crippen LogP contribution in [-0.4, -0.2) is 12.1 Å². The second-order valence-electron chi connectivity index (χ2n) is 8.11. The van der Waals surface area contributed by atoms with Gasteiger partial charge in [0.2, 0.25) is 0 Å². The molecule has 2 aromatic rings. The number of nitriles is 1. The number of rotatable bonds is 3.